The van der Waals surface area contributed by atoms with Crippen molar-refractivity contribution in [2.75, 3.05) is 13.1 Å². The Morgan fingerprint density at radius 3 is 2.46 bits per heavy atom. The van der Waals surface area contributed by atoms with Crippen LogP contribution >= 0.6 is 0 Å². The summed E-state index contributed by atoms with van der Waals surface area (Å²) in [6.45, 7) is 2.19. The molecule has 0 amide bonds. The van der Waals surface area contributed by atoms with E-state index in [9.17, 15) is 0 Å². The van der Waals surface area contributed by atoms with Gasteiger partial charge in [0.2, 0.25) is 0 Å². The average molecular weight is 326 g/mol. The van der Waals surface area contributed by atoms with E-state index in [1.54, 1.807) is 0 Å². The smallest absolute Gasteiger partial charge is 0.174 e. The normalized spacial score (nSPS) is 21.7. The molecule has 1 aliphatic carbocycles. The van der Waals surface area contributed by atoms with Gasteiger partial charge in [-0.25, -0.2) is 4.68 Å². The largest absolute Gasteiger partial charge is 0.288 e. The van der Waals surface area contributed by atoms with Crippen molar-refractivity contribution in [2.24, 2.45) is 0 Å². The fourth-order valence-electron chi connectivity index (χ4n) is 4.16. The predicted molar refractivity (Wildman–Crippen MR) is 91.4 cm³/mol. The van der Waals surface area contributed by atoms with Gasteiger partial charge in [-0.2, -0.15) is 0 Å². The van der Waals surface area contributed by atoms with E-state index in [0.717, 1.165) is 24.6 Å². The van der Waals surface area contributed by atoms with Crippen LogP contribution in [0.15, 0.2) is 24.4 Å². The summed E-state index contributed by atoms with van der Waals surface area (Å²) in [5.74, 6) is 0.975. The molecule has 0 radical (unpaired) electrons. The molecule has 3 heterocycles. The highest BCUT2D eigenvalue weighted by Crippen LogP contribution is 2.34. The minimum absolute atomic E-state index is 0.0694. The molecule has 128 valence electrons. The predicted octanol–water partition coefficient (Wildman–Crippen LogP) is 3.15. The lowest BCUT2D eigenvalue weighted by atomic mass is 10.1. The molecule has 0 unspecified atom stereocenters. The van der Waals surface area contributed by atoms with Crippen LogP contribution in [0, 0.1) is 0 Å². The van der Waals surface area contributed by atoms with Gasteiger partial charge < -0.3 is 0 Å². The maximum Gasteiger partial charge on any atom is 0.174 e. The molecule has 2 aliphatic rings. The molecule has 0 aromatic carbocycles. The molecule has 24 heavy (non-hydrogen) atoms. The van der Waals surface area contributed by atoms with Crippen molar-refractivity contribution >= 4 is 0 Å². The molecule has 4 rings (SSSR count). The van der Waals surface area contributed by atoms with Crippen molar-refractivity contribution in [3.63, 3.8) is 0 Å². The van der Waals surface area contributed by atoms with Gasteiger partial charge >= 0.3 is 0 Å². The fraction of sp³-hybridized carbons (Fsp3) is 0.667. The first kappa shape index (κ1) is 15.7. The van der Waals surface area contributed by atoms with Gasteiger partial charge in [-0.1, -0.05) is 31.7 Å². The lowest BCUT2D eigenvalue weighted by molar-refractivity contribution is 0.213. The molecule has 2 fully saturated rings. The van der Waals surface area contributed by atoms with E-state index in [1.165, 1.54) is 51.4 Å². The van der Waals surface area contributed by atoms with E-state index in [2.05, 4.69) is 42.2 Å². The monoisotopic (exact) mass is 326 g/mol. The van der Waals surface area contributed by atoms with Crippen LogP contribution in [0.1, 0.15) is 75.0 Å². The number of hydrogen-bond donors (Lipinski definition) is 0. The third-order valence-corrected chi connectivity index (χ3v) is 5.41. The number of nitrogens with zero attached hydrogens (tertiary/aromatic N) is 6. The Hall–Kier alpha value is -1.82. The van der Waals surface area contributed by atoms with Crippen molar-refractivity contribution in [2.45, 2.75) is 63.5 Å². The minimum Gasteiger partial charge on any atom is -0.288 e. The van der Waals surface area contributed by atoms with Gasteiger partial charge in [0.05, 0.1) is 11.7 Å². The molecule has 6 nitrogen and oxygen atoms in total. The van der Waals surface area contributed by atoms with Crippen molar-refractivity contribution in [1.82, 2.24) is 30.1 Å². The highest BCUT2D eigenvalue weighted by Gasteiger charge is 2.32. The summed E-state index contributed by atoms with van der Waals surface area (Å²) in [4.78, 5) is 7.19. The fourth-order valence-corrected chi connectivity index (χ4v) is 4.16. The SMILES string of the molecule is c1ccc([C@H](c2nnnn2C2CCCC2)N2CCCCCC2)nc1. The zero-order valence-corrected chi connectivity index (χ0v) is 14.2. The topological polar surface area (TPSA) is 59.7 Å². The molecule has 6 heteroatoms. The van der Waals surface area contributed by atoms with Crippen LogP contribution in [0.2, 0.25) is 0 Å². The highest BCUT2D eigenvalue weighted by atomic mass is 15.6. The van der Waals surface area contributed by atoms with E-state index in [4.69, 9.17) is 0 Å². The number of rotatable bonds is 4. The number of likely N-dealkylation sites (tertiary alicyclic amines) is 1. The number of tetrazole rings is 1. The zero-order chi connectivity index (χ0) is 16.2. The Morgan fingerprint density at radius 2 is 1.75 bits per heavy atom. The van der Waals surface area contributed by atoms with Gasteiger partial charge in [-0.05, 0) is 61.3 Å². The lowest BCUT2D eigenvalue weighted by Gasteiger charge is -2.30. The third kappa shape index (κ3) is 3.20. The van der Waals surface area contributed by atoms with Gasteiger partial charge in [-0.15, -0.1) is 5.10 Å². The van der Waals surface area contributed by atoms with Gasteiger partial charge in [-0.3, -0.25) is 9.88 Å². The molecule has 2 aromatic rings. The highest BCUT2D eigenvalue weighted by molar-refractivity contribution is 5.17. The Bertz CT molecular complexity index is 626. The second-order valence-corrected chi connectivity index (χ2v) is 7.03. The van der Waals surface area contributed by atoms with Crippen LogP contribution in [0.25, 0.3) is 0 Å². The van der Waals surface area contributed by atoms with E-state index < -0.39 is 0 Å². The molecule has 2 aromatic heterocycles. The summed E-state index contributed by atoms with van der Waals surface area (Å²) in [5, 5.41) is 12.9. The van der Waals surface area contributed by atoms with Crippen LogP contribution in [0.3, 0.4) is 0 Å². The number of aromatic nitrogens is 5. The molecule has 1 atom stereocenters. The number of hydrogen-bond acceptors (Lipinski definition) is 5. The van der Waals surface area contributed by atoms with E-state index in [1.807, 2.05) is 12.3 Å². The van der Waals surface area contributed by atoms with Crippen LogP contribution in [0.4, 0.5) is 0 Å². The van der Waals surface area contributed by atoms with Crippen LogP contribution in [-0.4, -0.2) is 43.2 Å². The van der Waals surface area contributed by atoms with E-state index >= 15 is 0 Å². The summed E-state index contributed by atoms with van der Waals surface area (Å²) in [7, 11) is 0. The van der Waals surface area contributed by atoms with E-state index in [-0.39, 0.29) is 6.04 Å². The zero-order valence-electron chi connectivity index (χ0n) is 14.2. The van der Waals surface area contributed by atoms with Crippen LogP contribution in [0.5, 0.6) is 0 Å². The summed E-state index contributed by atoms with van der Waals surface area (Å²) < 4.78 is 2.09. The standard InChI is InChI=1S/C18H26N6/c1-2-8-14-23(13-7-1)17(16-11-5-6-12-19-16)18-20-21-22-24(18)15-9-3-4-10-15/h5-6,11-12,15,17H,1-4,7-10,13-14H2/t17-/m1/s1. The van der Waals surface area contributed by atoms with Gasteiger partial charge in [0, 0.05) is 6.20 Å². The summed E-state index contributed by atoms with van der Waals surface area (Å²) in [6.07, 6.45) is 11.9. The van der Waals surface area contributed by atoms with Crippen molar-refractivity contribution in [3.8, 4) is 0 Å². The Kier molecular flexibility index (Phi) is 4.83. The lowest BCUT2D eigenvalue weighted by Crippen LogP contribution is -2.33. The quantitative estimate of drug-likeness (QED) is 0.864. The summed E-state index contributed by atoms with van der Waals surface area (Å²) in [6, 6.07) is 6.68. The molecule has 0 N–H and O–H groups in total. The van der Waals surface area contributed by atoms with Gasteiger partial charge in [0.15, 0.2) is 5.82 Å². The van der Waals surface area contributed by atoms with Gasteiger partial charge in [0.25, 0.3) is 0 Å². The first-order chi connectivity index (χ1) is 11.9. The first-order valence-corrected chi connectivity index (χ1v) is 9.36. The Morgan fingerprint density at radius 1 is 0.958 bits per heavy atom. The van der Waals surface area contributed by atoms with E-state index in [0.29, 0.717) is 6.04 Å². The summed E-state index contributed by atoms with van der Waals surface area (Å²) in [5.41, 5.74) is 1.06. The summed E-state index contributed by atoms with van der Waals surface area (Å²) >= 11 is 0. The molecule has 1 saturated heterocycles. The third-order valence-electron chi connectivity index (χ3n) is 5.41. The Labute approximate surface area is 143 Å². The van der Waals surface area contributed by atoms with Crippen molar-refractivity contribution < 1.29 is 0 Å². The second kappa shape index (κ2) is 7.38. The van der Waals surface area contributed by atoms with Gasteiger partial charge in [0.1, 0.15) is 6.04 Å². The van der Waals surface area contributed by atoms with Crippen LogP contribution < -0.4 is 0 Å². The molecule has 0 spiro atoms. The Balaban J connectivity index is 1.71. The minimum atomic E-state index is 0.0694. The van der Waals surface area contributed by atoms with Crippen molar-refractivity contribution in [1.29, 1.82) is 0 Å². The second-order valence-electron chi connectivity index (χ2n) is 7.03. The first-order valence-electron chi connectivity index (χ1n) is 9.36. The molecule has 0 bridgehead atoms. The molecule has 1 saturated carbocycles. The van der Waals surface area contributed by atoms with Crippen LogP contribution in [-0.2, 0) is 0 Å². The average Bonchev–Trinajstić information content (AvgIpc) is 3.24. The molecular weight excluding hydrogens is 300 g/mol. The maximum atomic E-state index is 4.66. The molecular formula is C18H26N6. The molecule has 1 aliphatic heterocycles. The number of pyridine rings is 1. The van der Waals surface area contributed by atoms with Crippen molar-refractivity contribution in [3.05, 3.63) is 35.9 Å². The maximum absolute atomic E-state index is 4.66.